The lowest BCUT2D eigenvalue weighted by Gasteiger charge is -1.98. The zero-order valence-electron chi connectivity index (χ0n) is 10.5. The molecule has 2 N–H and O–H groups in total. The summed E-state index contributed by atoms with van der Waals surface area (Å²) in [6.45, 7) is 0. The number of pyridine rings is 1. The molecule has 2 heterocycles. The quantitative estimate of drug-likeness (QED) is 0.456. The molecule has 0 atom stereocenters. The molecule has 0 aliphatic rings. The molecular formula is C14H11ClN4O. The van der Waals surface area contributed by atoms with E-state index >= 15 is 0 Å². The molecule has 3 aromatic rings. The van der Waals surface area contributed by atoms with Gasteiger partial charge in [0, 0.05) is 11.8 Å². The first-order valence-electron chi connectivity index (χ1n) is 5.97. The first-order valence-corrected chi connectivity index (χ1v) is 6.51. The van der Waals surface area contributed by atoms with Crippen LogP contribution in [-0.4, -0.2) is 21.7 Å². The summed E-state index contributed by atoms with van der Waals surface area (Å²) in [6, 6.07) is 11.0. The number of aliphatic imine (C=N–C) groups is 1. The predicted octanol–water partition coefficient (Wildman–Crippen LogP) is 3.12. The fourth-order valence-electron chi connectivity index (χ4n) is 1.77. The Balaban J connectivity index is 1.94. The van der Waals surface area contributed by atoms with E-state index in [0.717, 1.165) is 11.3 Å². The van der Waals surface area contributed by atoms with Gasteiger partial charge in [-0.2, -0.15) is 4.98 Å². The maximum absolute atomic E-state index is 5.64. The Kier molecular flexibility index (Phi) is 3.35. The van der Waals surface area contributed by atoms with Crippen LogP contribution >= 0.6 is 11.6 Å². The van der Waals surface area contributed by atoms with Gasteiger partial charge in [0.25, 0.3) is 0 Å². The zero-order chi connectivity index (χ0) is 13.9. The number of hydrogen-bond acceptors (Lipinski definition) is 4. The van der Waals surface area contributed by atoms with Crippen LogP contribution in [0.5, 0.6) is 0 Å². The summed E-state index contributed by atoms with van der Waals surface area (Å²) in [5.74, 6) is 1.11. The SMILES string of the molecule is NC(CCl)=Nc1ccc(-c2nc3ncccc3o2)cc1. The number of amidine groups is 1. The standard InChI is InChI=1S/C14H11ClN4O/c15-8-12(16)18-10-5-3-9(4-6-10)14-19-13-11(20-14)2-1-7-17-13/h1-7H,8H2,(H2,16,18). The number of nitrogens with zero attached hydrogens (tertiary/aromatic N) is 3. The molecule has 5 nitrogen and oxygen atoms in total. The van der Waals surface area contributed by atoms with Crippen LogP contribution < -0.4 is 5.73 Å². The van der Waals surface area contributed by atoms with E-state index in [0.29, 0.717) is 23.0 Å². The molecule has 6 heteroatoms. The Morgan fingerprint density at radius 2 is 2.05 bits per heavy atom. The summed E-state index contributed by atoms with van der Waals surface area (Å²) in [5, 5.41) is 0. The van der Waals surface area contributed by atoms with Crippen LogP contribution in [-0.2, 0) is 0 Å². The van der Waals surface area contributed by atoms with Crippen molar-refractivity contribution in [1.82, 2.24) is 9.97 Å². The van der Waals surface area contributed by atoms with Crippen molar-refractivity contribution in [2.45, 2.75) is 0 Å². The molecule has 0 fully saturated rings. The summed E-state index contributed by atoms with van der Waals surface area (Å²) >= 11 is 5.59. The molecule has 0 saturated carbocycles. The average molecular weight is 287 g/mol. The number of fused-ring (bicyclic) bond motifs is 1. The van der Waals surface area contributed by atoms with Crippen LogP contribution in [0.1, 0.15) is 0 Å². The van der Waals surface area contributed by atoms with Crippen LogP contribution in [0, 0.1) is 0 Å². The molecule has 0 saturated heterocycles. The molecule has 0 unspecified atom stereocenters. The highest BCUT2D eigenvalue weighted by atomic mass is 35.5. The van der Waals surface area contributed by atoms with Gasteiger partial charge in [-0.25, -0.2) is 9.98 Å². The van der Waals surface area contributed by atoms with Gasteiger partial charge in [-0.3, -0.25) is 0 Å². The highest BCUT2D eigenvalue weighted by Gasteiger charge is 2.08. The van der Waals surface area contributed by atoms with E-state index in [1.54, 1.807) is 6.20 Å². The van der Waals surface area contributed by atoms with Crippen LogP contribution in [0.15, 0.2) is 52.0 Å². The molecule has 0 aliphatic heterocycles. The summed E-state index contributed by atoms with van der Waals surface area (Å²) in [4.78, 5) is 12.6. The van der Waals surface area contributed by atoms with Gasteiger partial charge in [0.15, 0.2) is 11.2 Å². The molecule has 20 heavy (non-hydrogen) atoms. The van der Waals surface area contributed by atoms with Crippen molar-refractivity contribution < 1.29 is 4.42 Å². The Labute approximate surface area is 120 Å². The predicted molar refractivity (Wildman–Crippen MR) is 79.2 cm³/mol. The van der Waals surface area contributed by atoms with Crippen LogP contribution in [0.2, 0.25) is 0 Å². The summed E-state index contributed by atoms with van der Waals surface area (Å²) < 4.78 is 5.64. The minimum absolute atomic E-state index is 0.207. The summed E-state index contributed by atoms with van der Waals surface area (Å²) in [6.07, 6.45) is 1.68. The van der Waals surface area contributed by atoms with Gasteiger partial charge in [0.05, 0.1) is 11.6 Å². The number of halogens is 1. The number of oxazole rings is 1. The Morgan fingerprint density at radius 1 is 1.25 bits per heavy atom. The molecular weight excluding hydrogens is 276 g/mol. The number of nitrogens with two attached hydrogens (primary N) is 1. The lowest BCUT2D eigenvalue weighted by molar-refractivity contribution is 0.619. The van der Waals surface area contributed by atoms with Crippen molar-refractivity contribution in [2.75, 3.05) is 5.88 Å². The normalized spacial score (nSPS) is 11.9. The third kappa shape index (κ3) is 2.48. The van der Waals surface area contributed by atoms with E-state index in [1.165, 1.54) is 0 Å². The summed E-state index contributed by atoms with van der Waals surface area (Å²) in [7, 11) is 0. The van der Waals surface area contributed by atoms with Crippen molar-refractivity contribution in [3.63, 3.8) is 0 Å². The van der Waals surface area contributed by atoms with Crippen LogP contribution in [0.25, 0.3) is 22.7 Å². The molecule has 0 bridgehead atoms. The molecule has 0 aliphatic carbocycles. The van der Waals surface area contributed by atoms with Gasteiger partial charge in [0.2, 0.25) is 5.89 Å². The van der Waals surface area contributed by atoms with Crippen molar-refractivity contribution in [3.05, 3.63) is 42.6 Å². The van der Waals surface area contributed by atoms with Crippen molar-refractivity contribution in [2.24, 2.45) is 10.7 Å². The largest absolute Gasteiger partial charge is 0.434 e. The number of alkyl halides is 1. The Hall–Kier alpha value is -2.40. The van der Waals surface area contributed by atoms with Crippen molar-refractivity contribution in [3.8, 4) is 11.5 Å². The number of benzene rings is 1. The third-order valence-corrected chi connectivity index (χ3v) is 2.96. The maximum Gasteiger partial charge on any atom is 0.228 e. The average Bonchev–Trinajstić information content (AvgIpc) is 2.91. The van der Waals surface area contributed by atoms with Gasteiger partial charge in [-0.15, -0.1) is 11.6 Å². The highest BCUT2D eigenvalue weighted by molar-refractivity contribution is 6.28. The molecule has 0 amide bonds. The van der Waals surface area contributed by atoms with Gasteiger partial charge in [-0.1, -0.05) is 0 Å². The second kappa shape index (κ2) is 5.30. The molecule has 100 valence electrons. The number of aromatic nitrogens is 2. The molecule has 0 radical (unpaired) electrons. The fourth-order valence-corrected chi connectivity index (χ4v) is 1.83. The summed E-state index contributed by atoms with van der Waals surface area (Å²) in [5.41, 5.74) is 8.43. The van der Waals surface area contributed by atoms with E-state index in [-0.39, 0.29) is 5.88 Å². The van der Waals surface area contributed by atoms with E-state index in [1.807, 2.05) is 36.4 Å². The lowest BCUT2D eigenvalue weighted by atomic mass is 10.2. The highest BCUT2D eigenvalue weighted by Crippen LogP contribution is 2.24. The van der Waals surface area contributed by atoms with Crippen molar-refractivity contribution in [1.29, 1.82) is 0 Å². The second-order valence-electron chi connectivity index (χ2n) is 4.13. The van der Waals surface area contributed by atoms with Crippen LogP contribution in [0.3, 0.4) is 0 Å². The topological polar surface area (TPSA) is 77.3 Å². The third-order valence-electron chi connectivity index (χ3n) is 2.69. The lowest BCUT2D eigenvalue weighted by Crippen LogP contribution is -2.12. The van der Waals surface area contributed by atoms with Gasteiger partial charge < -0.3 is 10.2 Å². The minimum Gasteiger partial charge on any atom is -0.434 e. The van der Waals surface area contributed by atoms with Gasteiger partial charge >= 0.3 is 0 Å². The zero-order valence-corrected chi connectivity index (χ0v) is 11.2. The Morgan fingerprint density at radius 3 is 2.75 bits per heavy atom. The monoisotopic (exact) mass is 286 g/mol. The Bertz CT molecular complexity index is 731. The second-order valence-corrected chi connectivity index (χ2v) is 4.40. The van der Waals surface area contributed by atoms with E-state index < -0.39 is 0 Å². The molecule has 1 aromatic carbocycles. The molecule has 2 aromatic heterocycles. The smallest absolute Gasteiger partial charge is 0.228 e. The van der Waals surface area contributed by atoms with E-state index in [4.69, 9.17) is 21.8 Å². The van der Waals surface area contributed by atoms with E-state index in [9.17, 15) is 0 Å². The fraction of sp³-hybridized carbons (Fsp3) is 0.0714. The maximum atomic E-state index is 5.64. The molecule has 0 spiro atoms. The van der Waals surface area contributed by atoms with Crippen molar-refractivity contribution >= 4 is 34.4 Å². The van der Waals surface area contributed by atoms with Gasteiger partial charge in [0.1, 0.15) is 5.84 Å². The first-order chi connectivity index (χ1) is 9.76. The molecule has 3 rings (SSSR count). The van der Waals surface area contributed by atoms with Gasteiger partial charge in [-0.05, 0) is 36.4 Å². The number of hydrogen-bond donors (Lipinski definition) is 1. The minimum atomic E-state index is 0.207. The van der Waals surface area contributed by atoms with Crippen LogP contribution in [0.4, 0.5) is 5.69 Å². The first kappa shape index (κ1) is 12.6. The van der Waals surface area contributed by atoms with E-state index in [2.05, 4.69) is 15.0 Å². The number of rotatable bonds is 3.